The van der Waals surface area contributed by atoms with Crippen LogP contribution in [0, 0.1) is 0 Å². The van der Waals surface area contributed by atoms with Crippen LogP contribution < -0.4 is 10.5 Å². The zero-order valence-electron chi connectivity index (χ0n) is 10.8. The largest absolute Gasteiger partial charge is 0.490 e. The van der Waals surface area contributed by atoms with Crippen molar-refractivity contribution in [3.8, 4) is 5.75 Å². The number of para-hydroxylation sites is 1. The van der Waals surface area contributed by atoms with Gasteiger partial charge in [0.2, 0.25) is 11.5 Å². The molecule has 3 N–H and O–H groups in total. The first-order valence-corrected chi connectivity index (χ1v) is 6.65. The van der Waals surface area contributed by atoms with Gasteiger partial charge in [-0.2, -0.15) is 9.36 Å². The minimum atomic E-state index is -1.29. The lowest BCUT2D eigenvalue weighted by Gasteiger charge is -2.04. The van der Waals surface area contributed by atoms with Gasteiger partial charge in [0.1, 0.15) is 12.4 Å². The normalized spacial score (nSPS) is 11.1. The number of nitrogen functional groups attached to an aromatic ring is 1. The molecule has 0 amide bonds. The molecule has 0 unspecified atom stereocenters. The molecule has 2 aromatic rings. The number of nitrogens with zero attached hydrogens (tertiary/aromatic N) is 3. The number of aromatic nitrogens is 2. The van der Waals surface area contributed by atoms with Crippen molar-refractivity contribution >= 4 is 28.3 Å². The average Bonchev–Trinajstić information content (AvgIpc) is 2.89. The van der Waals surface area contributed by atoms with E-state index in [9.17, 15) is 4.79 Å². The van der Waals surface area contributed by atoms with E-state index in [0.717, 1.165) is 11.5 Å². The lowest BCUT2D eigenvalue weighted by Crippen LogP contribution is -2.17. The highest BCUT2D eigenvalue weighted by Crippen LogP contribution is 2.08. The number of oxime groups is 1. The fourth-order valence-corrected chi connectivity index (χ4v) is 1.77. The summed E-state index contributed by atoms with van der Waals surface area (Å²) in [6, 6.07) is 9.16. The second kappa shape index (κ2) is 7.20. The Morgan fingerprint density at radius 1 is 1.33 bits per heavy atom. The number of nitrogens with two attached hydrogens (primary N) is 1. The Hall–Kier alpha value is -2.68. The molecule has 0 saturated heterocycles. The maximum Gasteiger partial charge on any atom is 0.362 e. The summed E-state index contributed by atoms with van der Waals surface area (Å²) in [5.41, 5.74) is 4.99. The van der Waals surface area contributed by atoms with Crippen LogP contribution in [0.4, 0.5) is 5.13 Å². The molecule has 0 bridgehead atoms. The third-order valence-corrected chi connectivity index (χ3v) is 2.74. The first-order chi connectivity index (χ1) is 10.2. The second-order valence-electron chi connectivity index (χ2n) is 3.70. The van der Waals surface area contributed by atoms with Crippen LogP contribution in [0.3, 0.4) is 0 Å². The highest BCUT2D eigenvalue weighted by atomic mass is 32.1. The molecule has 9 heteroatoms. The number of anilines is 1. The Balaban J connectivity index is 1.85. The maximum absolute atomic E-state index is 11.0. The van der Waals surface area contributed by atoms with Gasteiger partial charge < -0.3 is 20.4 Å². The van der Waals surface area contributed by atoms with Crippen LogP contribution in [0.2, 0.25) is 0 Å². The quantitative estimate of drug-likeness (QED) is 0.445. The van der Waals surface area contributed by atoms with Gasteiger partial charge in [0, 0.05) is 11.5 Å². The molecule has 0 aliphatic carbocycles. The van der Waals surface area contributed by atoms with Gasteiger partial charge in [-0.1, -0.05) is 23.4 Å². The molecule has 0 fully saturated rings. The number of rotatable bonds is 7. The lowest BCUT2D eigenvalue weighted by atomic mass is 10.3. The molecule has 110 valence electrons. The summed E-state index contributed by atoms with van der Waals surface area (Å²) >= 11 is 0.883. The van der Waals surface area contributed by atoms with Crippen molar-refractivity contribution in [3.63, 3.8) is 0 Å². The minimum absolute atomic E-state index is 0.0750. The number of hydrogen-bond donors (Lipinski definition) is 2. The number of aliphatic carboxylic acids is 1. The monoisotopic (exact) mass is 308 g/mol. The molecular formula is C12H12N4O4S. The molecule has 2 rings (SSSR count). The van der Waals surface area contributed by atoms with Gasteiger partial charge in [-0.15, -0.1) is 0 Å². The smallest absolute Gasteiger partial charge is 0.362 e. The summed E-state index contributed by atoms with van der Waals surface area (Å²) in [4.78, 5) is 19.7. The highest BCUT2D eigenvalue weighted by molar-refractivity contribution is 7.09. The summed E-state index contributed by atoms with van der Waals surface area (Å²) in [5.74, 6) is -0.678. The topological polar surface area (TPSA) is 120 Å². The van der Waals surface area contributed by atoms with E-state index in [4.69, 9.17) is 20.4 Å². The average molecular weight is 308 g/mol. The molecule has 21 heavy (non-hydrogen) atoms. The molecule has 1 aromatic carbocycles. The van der Waals surface area contributed by atoms with E-state index in [1.807, 2.05) is 18.2 Å². The third kappa shape index (κ3) is 4.42. The number of carboxylic acid groups (broad SMARTS) is 1. The molecule has 0 saturated carbocycles. The molecule has 0 aliphatic heterocycles. The van der Waals surface area contributed by atoms with E-state index in [0.29, 0.717) is 5.75 Å². The summed E-state index contributed by atoms with van der Waals surface area (Å²) in [7, 11) is 0. The van der Waals surface area contributed by atoms with Crippen LogP contribution in [-0.4, -0.2) is 39.4 Å². The Bertz CT molecular complexity index is 629. The Labute approximate surface area is 124 Å². The highest BCUT2D eigenvalue weighted by Gasteiger charge is 2.18. The minimum Gasteiger partial charge on any atom is -0.490 e. The molecular weight excluding hydrogens is 296 g/mol. The van der Waals surface area contributed by atoms with Gasteiger partial charge in [0.15, 0.2) is 11.7 Å². The van der Waals surface area contributed by atoms with Crippen molar-refractivity contribution in [2.24, 2.45) is 5.16 Å². The van der Waals surface area contributed by atoms with Crippen LogP contribution in [0.1, 0.15) is 5.82 Å². The van der Waals surface area contributed by atoms with Crippen molar-refractivity contribution in [3.05, 3.63) is 36.2 Å². The van der Waals surface area contributed by atoms with Crippen molar-refractivity contribution in [1.29, 1.82) is 0 Å². The summed E-state index contributed by atoms with van der Waals surface area (Å²) < 4.78 is 9.13. The van der Waals surface area contributed by atoms with E-state index >= 15 is 0 Å². The van der Waals surface area contributed by atoms with Crippen molar-refractivity contribution < 1.29 is 19.5 Å². The predicted octanol–water partition coefficient (Wildman–Crippen LogP) is 1.00. The summed E-state index contributed by atoms with van der Waals surface area (Å²) in [6.45, 7) is 0.318. The van der Waals surface area contributed by atoms with Crippen LogP contribution >= 0.6 is 11.5 Å². The van der Waals surface area contributed by atoms with Gasteiger partial charge >= 0.3 is 5.97 Å². The Morgan fingerprint density at radius 2 is 2.10 bits per heavy atom. The van der Waals surface area contributed by atoms with Gasteiger partial charge in [0.05, 0.1) is 0 Å². The maximum atomic E-state index is 11.0. The predicted molar refractivity (Wildman–Crippen MR) is 76.4 cm³/mol. The Morgan fingerprint density at radius 3 is 2.71 bits per heavy atom. The lowest BCUT2D eigenvalue weighted by molar-refractivity contribution is -0.129. The first kappa shape index (κ1) is 14.7. The van der Waals surface area contributed by atoms with Gasteiger partial charge in [0.25, 0.3) is 0 Å². The molecule has 0 radical (unpaired) electrons. The van der Waals surface area contributed by atoms with Crippen LogP contribution in [0.5, 0.6) is 5.75 Å². The van der Waals surface area contributed by atoms with Gasteiger partial charge in [-0.05, 0) is 12.1 Å². The summed E-state index contributed by atoms with van der Waals surface area (Å²) in [6.07, 6.45) is 0. The molecule has 0 aliphatic rings. The SMILES string of the molecule is Nc1nc(/C(=N\OCCOc2ccccc2)C(=O)O)ns1. The molecule has 1 heterocycles. The number of benzene rings is 1. The first-order valence-electron chi connectivity index (χ1n) is 5.87. The molecule has 0 spiro atoms. The van der Waals surface area contributed by atoms with E-state index in [2.05, 4.69) is 14.5 Å². The standard InChI is InChI=1S/C12H12N4O4S/c13-12-14-10(16-21-12)9(11(17)18)15-20-7-6-19-8-4-2-1-3-5-8/h1-5H,6-7H2,(H,17,18)(H2,13,14,16)/b15-9+. The fourth-order valence-electron chi connectivity index (χ4n) is 1.33. The third-order valence-electron chi connectivity index (χ3n) is 2.20. The van der Waals surface area contributed by atoms with Crippen LogP contribution in [0.15, 0.2) is 35.5 Å². The van der Waals surface area contributed by atoms with Gasteiger partial charge in [-0.3, -0.25) is 0 Å². The van der Waals surface area contributed by atoms with E-state index < -0.39 is 11.7 Å². The number of carboxylic acids is 1. The van der Waals surface area contributed by atoms with Crippen molar-refractivity contribution in [2.75, 3.05) is 18.9 Å². The second-order valence-corrected chi connectivity index (χ2v) is 4.48. The molecule has 1 aromatic heterocycles. The number of hydrogen-bond acceptors (Lipinski definition) is 8. The Kier molecular flexibility index (Phi) is 5.04. The van der Waals surface area contributed by atoms with Crippen molar-refractivity contribution in [1.82, 2.24) is 9.36 Å². The van der Waals surface area contributed by atoms with E-state index in [1.165, 1.54) is 0 Å². The van der Waals surface area contributed by atoms with E-state index in [-0.39, 0.29) is 24.2 Å². The zero-order valence-corrected chi connectivity index (χ0v) is 11.6. The number of carbonyl (C=O) groups is 1. The van der Waals surface area contributed by atoms with Crippen LogP contribution in [0.25, 0.3) is 0 Å². The van der Waals surface area contributed by atoms with E-state index in [1.54, 1.807) is 12.1 Å². The molecule has 0 atom stereocenters. The fraction of sp³-hybridized carbons (Fsp3) is 0.167. The summed E-state index contributed by atoms with van der Waals surface area (Å²) in [5, 5.41) is 12.7. The van der Waals surface area contributed by atoms with Gasteiger partial charge in [-0.25, -0.2) is 4.79 Å². The van der Waals surface area contributed by atoms with Crippen LogP contribution in [-0.2, 0) is 9.63 Å². The zero-order chi connectivity index (χ0) is 15.1. The number of ether oxygens (including phenoxy) is 1. The van der Waals surface area contributed by atoms with Crippen molar-refractivity contribution in [2.45, 2.75) is 0 Å². The molecule has 8 nitrogen and oxygen atoms in total.